The summed E-state index contributed by atoms with van der Waals surface area (Å²) in [6, 6.07) is 9.96. The lowest BCUT2D eigenvalue weighted by atomic mass is 10.1. The molecule has 1 atom stereocenters. The van der Waals surface area contributed by atoms with Crippen molar-refractivity contribution in [1.29, 1.82) is 0 Å². The fourth-order valence-corrected chi connectivity index (χ4v) is 5.18. The number of amides is 2. The molecule has 2 rings (SSSR count). The Morgan fingerprint density at radius 2 is 1.67 bits per heavy atom. The SMILES string of the molecule is CCCNC(=O)C(C)N(Cc1ccc(Cl)c(Cl)c1)C(=O)CCCN(c1cc(C)cc(C)c1)S(C)(=O)=O. The Bertz CT molecular complexity index is 1170. The highest BCUT2D eigenvalue weighted by molar-refractivity contribution is 7.92. The number of anilines is 1. The summed E-state index contributed by atoms with van der Waals surface area (Å²) >= 11 is 12.2. The second-order valence-electron chi connectivity index (χ2n) is 9.02. The Kier molecular flexibility index (Phi) is 11.1. The molecule has 0 aliphatic rings. The van der Waals surface area contributed by atoms with Gasteiger partial charge < -0.3 is 10.2 Å². The van der Waals surface area contributed by atoms with E-state index in [0.29, 0.717) is 28.7 Å². The minimum Gasteiger partial charge on any atom is -0.354 e. The Labute approximate surface area is 224 Å². The first-order chi connectivity index (χ1) is 16.8. The van der Waals surface area contributed by atoms with Gasteiger partial charge in [0.05, 0.1) is 22.0 Å². The van der Waals surface area contributed by atoms with E-state index in [1.54, 1.807) is 25.1 Å². The highest BCUT2D eigenvalue weighted by Crippen LogP contribution is 2.25. The van der Waals surface area contributed by atoms with Crippen LogP contribution in [0.5, 0.6) is 0 Å². The smallest absolute Gasteiger partial charge is 0.242 e. The maximum Gasteiger partial charge on any atom is 0.242 e. The predicted molar refractivity (Wildman–Crippen MR) is 147 cm³/mol. The first-order valence-corrected chi connectivity index (χ1v) is 14.5. The van der Waals surface area contributed by atoms with E-state index in [1.165, 1.54) is 9.21 Å². The van der Waals surface area contributed by atoms with Gasteiger partial charge in [0.25, 0.3) is 0 Å². The zero-order valence-electron chi connectivity index (χ0n) is 21.5. The van der Waals surface area contributed by atoms with Gasteiger partial charge in [-0.1, -0.05) is 42.3 Å². The van der Waals surface area contributed by atoms with Crippen LogP contribution in [0.4, 0.5) is 5.69 Å². The summed E-state index contributed by atoms with van der Waals surface area (Å²) in [6.45, 7) is 8.27. The number of halogens is 2. The molecule has 0 radical (unpaired) electrons. The number of carbonyl (C=O) groups is 2. The van der Waals surface area contributed by atoms with E-state index in [0.717, 1.165) is 29.4 Å². The summed E-state index contributed by atoms with van der Waals surface area (Å²) < 4.78 is 26.4. The molecule has 2 amide bonds. The monoisotopic (exact) mass is 555 g/mol. The average Bonchev–Trinajstić information content (AvgIpc) is 2.78. The molecule has 0 saturated carbocycles. The van der Waals surface area contributed by atoms with Crippen LogP contribution in [0.1, 0.15) is 49.8 Å². The Hall–Kier alpha value is -2.29. The molecule has 7 nitrogen and oxygen atoms in total. The molecule has 2 aromatic rings. The van der Waals surface area contributed by atoms with Crippen LogP contribution in [-0.4, -0.2) is 50.5 Å². The number of benzene rings is 2. The Morgan fingerprint density at radius 1 is 1.03 bits per heavy atom. The van der Waals surface area contributed by atoms with Crippen LogP contribution in [0, 0.1) is 13.8 Å². The van der Waals surface area contributed by atoms with Gasteiger partial charge in [-0.2, -0.15) is 0 Å². The minimum absolute atomic E-state index is 0.0730. The molecule has 0 fully saturated rings. The number of hydrogen-bond acceptors (Lipinski definition) is 4. The van der Waals surface area contributed by atoms with E-state index in [2.05, 4.69) is 5.32 Å². The topological polar surface area (TPSA) is 86.8 Å². The molecular formula is C26H35Cl2N3O4S. The molecule has 36 heavy (non-hydrogen) atoms. The lowest BCUT2D eigenvalue weighted by Gasteiger charge is -2.29. The van der Waals surface area contributed by atoms with Gasteiger partial charge in [-0.25, -0.2) is 8.42 Å². The summed E-state index contributed by atoms with van der Waals surface area (Å²) in [7, 11) is -3.55. The predicted octanol–water partition coefficient (Wildman–Crippen LogP) is 5.10. The lowest BCUT2D eigenvalue weighted by molar-refractivity contribution is -0.140. The summed E-state index contributed by atoms with van der Waals surface area (Å²) in [5, 5.41) is 3.60. The van der Waals surface area contributed by atoms with Crippen molar-refractivity contribution in [1.82, 2.24) is 10.2 Å². The minimum atomic E-state index is -3.55. The van der Waals surface area contributed by atoms with E-state index in [9.17, 15) is 18.0 Å². The highest BCUT2D eigenvalue weighted by Gasteiger charge is 2.26. The molecule has 0 aliphatic heterocycles. The fourth-order valence-electron chi connectivity index (χ4n) is 3.91. The largest absolute Gasteiger partial charge is 0.354 e. The average molecular weight is 557 g/mol. The molecule has 0 spiro atoms. The molecule has 0 aromatic heterocycles. The number of rotatable bonds is 12. The third kappa shape index (κ3) is 8.68. The molecular weight excluding hydrogens is 521 g/mol. The molecule has 10 heteroatoms. The van der Waals surface area contributed by atoms with Crippen LogP contribution in [0.3, 0.4) is 0 Å². The summed E-state index contributed by atoms with van der Waals surface area (Å²) in [5.74, 6) is -0.507. The quantitative estimate of drug-likeness (QED) is 0.394. The van der Waals surface area contributed by atoms with Crippen molar-refractivity contribution < 1.29 is 18.0 Å². The fraction of sp³-hybridized carbons (Fsp3) is 0.462. The van der Waals surface area contributed by atoms with Gasteiger partial charge in [-0.15, -0.1) is 0 Å². The number of hydrogen-bond donors (Lipinski definition) is 1. The van der Waals surface area contributed by atoms with Crippen LogP contribution < -0.4 is 9.62 Å². The van der Waals surface area contributed by atoms with Crippen LogP contribution in [0.25, 0.3) is 0 Å². The van der Waals surface area contributed by atoms with Crippen LogP contribution >= 0.6 is 23.2 Å². The third-order valence-corrected chi connectivity index (χ3v) is 7.63. The standard InChI is InChI=1S/C26H35Cl2N3O4S/c1-6-11-29-26(33)20(4)30(17-21-9-10-23(27)24(28)16-21)25(32)8-7-12-31(36(5,34)35)22-14-18(2)13-19(3)15-22/h9-10,13-16,20H,6-8,11-12,17H2,1-5H3,(H,29,33). The summed E-state index contributed by atoms with van der Waals surface area (Å²) in [4.78, 5) is 27.5. The molecule has 0 heterocycles. The van der Waals surface area contributed by atoms with Crippen molar-refractivity contribution in [3.63, 3.8) is 0 Å². The maximum atomic E-state index is 13.3. The Balaban J connectivity index is 2.20. The lowest BCUT2D eigenvalue weighted by Crippen LogP contribution is -2.47. The van der Waals surface area contributed by atoms with E-state index in [1.807, 2.05) is 39.0 Å². The van der Waals surface area contributed by atoms with Crippen molar-refractivity contribution in [2.75, 3.05) is 23.7 Å². The van der Waals surface area contributed by atoms with Gasteiger partial charge in [0, 0.05) is 26.1 Å². The van der Waals surface area contributed by atoms with E-state index < -0.39 is 16.1 Å². The van der Waals surface area contributed by atoms with Crippen LogP contribution in [0.15, 0.2) is 36.4 Å². The molecule has 1 unspecified atom stereocenters. The summed E-state index contributed by atoms with van der Waals surface area (Å²) in [5.41, 5.74) is 3.21. The number of nitrogens with one attached hydrogen (secondary N) is 1. The zero-order chi connectivity index (χ0) is 27.0. The second-order valence-corrected chi connectivity index (χ2v) is 11.7. The first-order valence-electron chi connectivity index (χ1n) is 11.9. The number of aryl methyl sites for hydroxylation is 2. The van der Waals surface area contributed by atoms with E-state index in [4.69, 9.17) is 23.2 Å². The van der Waals surface area contributed by atoms with Crippen LogP contribution in [-0.2, 0) is 26.2 Å². The van der Waals surface area contributed by atoms with Gasteiger partial charge in [-0.3, -0.25) is 13.9 Å². The van der Waals surface area contributed by atoms with Gasteiger partial charge in [0.2, 0.25) is 21.8 Å². The van der Waals surface area contributed by atoms with Gasteiger partial charge >= 0.3 is 0 Å². The Morgan fingerprint density at radius 3 is 2.22 bits per heavy atom. The highest BCUT2D eigenvalue weighted by atomic mass is 35.5. The molecule has 198 valence electrons. The van der Waals surface area contributed by atoms with Gasteiger partial charge in [0.1, 0.15) is 6.04 Å². The molecule has 2 aromatic carbocycles. The number of nitrogens with zero attached hydrogens (tertiary/aromatic N) is 2. The van der Waals surface area contributed by atoms with Gasteiger partial charge in [-0.05, 0) is 74.6 Å². The molecule has 0 aliphatic carbocycles. The van der Waals surface area contributed by atoms with Crippen molar-refractivity contribution >= 4 is 50.7 Å². The number of carbonyl (C=O) groups excluding carboxylic acids is 2. The molecule has 0 bridgehead atoms. The van der Waals surface area contributed by atoms with Gasteiger partial charge in [0.15, 0.2) is 0 Å². The van der Waals surface area contributed by atoms with E-state index in [-0.39, 0.29) is 31.3 Å². The maximum absolute atomic E-state index is 13.3. The van der Waals surface area contributed by atoms with E-state index >= 15 is 0 Å². The third-order valence-electron chi connectivity index (χ3n) is 5.70. The van der Waals surface area contributed by atoms with Crippen molar-refractivity contribution in [3.8, 4) is 0 Å². The molecule has 0 saturated heterocycles. The van der Waals surface area contributed by atoms with Crippen molar-refractivity contribution in [2.24, 2.45) is 0 Å². The summed E-state index contributed by atoms with van der Waals surface area (Å²) in [6.07, 6.45) is 2.30. The second kappa shape index (κ2) is 13.3. The zero-order valence-corrected chi connectivity index (χ0v) is 23.8. The molecule has 1 N–H and O–H groups in total. The van der Waals surface area contributed by atoms with Crippen LogP contribution in [0.2, 0.25) is 10.0 Å². The number of sulfonamides is 1. The normalized spacial score (nSPS) is 12.2. The first kappa shape index (κ1) is 29.9. The van der Waals surface area contributed by atoms with Crippen molar-refractivity contribution in [3.05, 3.63) is 63.1 Å². The van der Waals surface area contributed by atoms with Crippen molar-refractivity contribution in [2.45, 2.75) is 59.5 Å².